The number of rotatable bonds is 8. The maximum absolute atomic E-state index is 9.90. The lowest BCUT2D eigenvalue weighted by molar-refractivity contribution is -0.311. The van der Waals surface area contributed by atoms with Crippen LogP contribution in [0.4, 0.5) is 0 Å². The summed E-state index contributed by atoms with van der Waals surface area (Å²) in [6.07, 6.45) is -1.11. The monoisotopic (exact) mass is 292 g/mol. The Morgan fingerprint density at radius 3 is 2.30 bits per heavy atom. The molecule has 0 aromatic rings. The van der Waals surface area contributed by atoms with Gasteiger partial charge in [0.15, 0.2) is 6.29 Å². The summed E-state index contributed by atoms with van der Waals surface area (Å²) in [5, 5.41) is 38.4. The summed E-state index contributed by atoms with van der Waals surface area (Å²) in [5.41, 5.74) is 0. The fraction of sp³-hybridized carbons (Fsp3) is 1.00. The minimum atomic E-state index is -1.38. The highest BCUT2D eigenvalue weighted by Gasteiger charge is 2.44. The van der Waals surface area contributed by atoms with Gasteiger partial charge in [0.25, 0.3) is 0 Å². The second-order valence-electron chi connectivity index (χ2n) is 5.36. The van der Waals surface area contributed by atoms with Gasteiger partial charge in [-0.1, -0.05) is 33.1 Å². The van der Waals surface area contributed by atoms with Crippen molar-refractivity contribution in [1.82, 2.24) is 0 Å². The molecule has 1 aliphatic heterocycles. The molecule has 6 atom stereocenters. The molecule has 4 N–H and O–H groups in total. The Balaban J connectivity index is 2.54. The fourth-order valence-corrected chi connectivity index (χ4v) is 2.36. The van der Waals surface area contributed by atoms with Crippen LogP contribution in [0, 0.1) is 0 Å². The molecule has 0 aromatic carbocycles. The van der Waals surface area contributed by atoms with Crippen LogP contribution >= 0.6 is 0 Å². The van der Waals surface area contributed by atoms with Crippen LogP contribution in [-0.4, -0.2) is 63.8 Å². The number of aliphatic hydroxyl groups is 4. The Bertz CT molecular complexity index is 260. The number of hydrogen-bond acceptors (Lipinski definition) is 6. The van der Waals surface area contributed by atoms with Crippen molar-refractivity contribution in [3.63, 3.8) is 0 Å². The van der Waals surface area contributed by atoms with Crippen molar-refractivity contribution in [3.8, 4) is 0 Å². The van der Waals surface area contributed by atoms with Gasteiger partial charge >= 0.3 is 0 Å². The lowest BCUT2D eigenvalue weighted by Crippen LogP contribution is -2.59. The summed E-state index contributed by atoms with van der Waals surface area (Å²) < 4.78 is 11.0. The molecule has 0 saturated carbocycles. The van der Waals surface area contributed by atoms with Crippen molar-refractivity contribution in [2.45, 2.75) is 82.8 Å². The molecule has 0 unspecified atom stereocenters. The van der Waals surface area contributed by atoms with E-state index in [1.54, 1.807) is 0 Å². The highest BCUT2D eigenvalue weighted by molar-refractivity contribution is 4.89. The highest BCUT2D eigenvalue weighted by Crippen LogP contribution is 2.24. The third kappa shape index (κ3) is 4.65. The molecule has 1 fully saturated rings. The minimum absolute atomic E-state index is 0.0667. The number of hydrogen-bond donors (Lipinski definition) is 4. The highest BCUT2D eigenvalue weighted by atomic mass is 16.7. The van der Waals surface area contributed by atoms with Crippen LogP contribution in [0.2, 0.25) is 0 Å². The first-order chi connectivity index (χ1) is 9.54. The summed E-state index contributed by atoms with van der Waals surface area (Å²) in [6, 6.07) is 0. The quantitative estimate of drug-likeness (QED) is 0.476. The third-order valence-electron chi connectivity index (χ3n) is 3.76. The fourth-order valence-electron chi connectivity index (χ4n) is 2.36. The molecule has 20 heavy (non-hydrogen) atoms. The average Bonchev–Trinajstić information content (AvgIpc) is 2.46. The smallest absolute Gasteiger partial charge is 0.186 e. The van der Waals surface area contributed by atoms with Gasteiger partial charge in [0, 0.05) is 0 Å². The van der Waals surface area contributed by atoms with Gasteiger partial charge in [0.05, 0.1) is 12.7 Å². The van der Waals surface area contributed by atoms with Crippen molar-refractivity contribution < 1.29 is 29.9 Å². The van der Waals surface area contributed by atoms with E-state index in [9.17, 15) is 15.3 Å². The van der Waals surface area contributed by atoms with E-state index >= 15 is 0 Å². The van der Waals surface area contributed by atoms with Gasteiger partial charge in [0.2, 0.25) is 0 Å². The first-order valence-electron chi connectivity index (χ1n) is 7.51. The molecule has 1 heterocycles. The summed E-state index contributed by atoms with van der Waals surface area (Å²) in [7, 11) is 0. The van der Waals surface area contributed by atoms with Crippen LogP contribution < -0.4 is 0 Å². The SMILES string of the molecule is CCCCC[C@H](CC)O[C@@H]1O[C@H](CO)[C@@H](O)[C@H](O)[C@H]1O. The zero-order valence-corrected chi connectivity index (χ0v) is 12.3. The normalized spacial score (nSPS) is 36.0. The average molecular weight is 292 g/mol. The van der Waals surface area contributed by atoms with E-state index in [0.29, 0.717) is 0 Å². The van der Waals surface area contributed by atoms with Crippen molar-refractivity contribution in [1.29, 1.82) is 0 Å². The standard InChI is InChI=1S/C14H28O6/c1-3-5-6-7-9(4-2)19-14-13(18)12(17)11(16)10(8-15)20-14/h9-18H,3-8H2,1-2H3/t9-,10+,11+,12-,13+,14+/m0/s1. The van der Waals surface area contributed by atoms with E-state index < -0.39 is 37.3 Å². The van der Waals surface area contributed by atoms with Gasteiger partial charge in [-0.2, -0.15) is 0 Å². The van der Waals surface area contributed by atoms with Crippen LogP contribution in [0.3, 0.4) is 0 Å². The molecule has 6 nitrogen and oxygen atoms in total. The third-order valence-corrected chi connectivity index (χ3v) is 3.76. The van der Waals surface area contributed by atoms with Gasteiger partial charge < -0.3 is 29.9 Å². The van der Waals surface area contributed by atoms with Crippen molar-refractivity contribution in [2.75, 3.05) is 6.61 Å². The zero-order chi connectivity index (χ0) is 15.1. The summed E-state index contributed by atoms with van der Waals surface area (Å²) in [5.74, 6) is 0. The molecule has 0 bridgehead atoms. The molecule has 1 aliphatic rings. The molecule has 6 heteroatoms. The molecule has 0 spiro atoms. The Morgan fingerprint density at radius 1 is 1.05 bits per heavy atom. The van der Waals surface area contributed by atoms with E-state index in [0.717, 1.165) is 32.1 Å². The predicted molar refractivity (Wildman–Crippen MR) is 73.1 cm³/mol. The lowest BCUT2D eigenvalue weighted by atomic mass is 9.99. The summed E-state index contributed by atoms with van der Waals surface area (Å²) >= 11 is 0. The molecule has 0 aliphatic carbocycles. The second-order valence-corrected chi connectivity index (χ2v) is 5.36. The second kappa shape index (κ2) is 8.92. The number of unbranched alkanes of at least 4 members (excludes halogenated alkanes) is 2. The predicted octanol–water partition coefficient (Wildman–Crippen LogP) is 0.162. The topological polar surface area (TPSA) is 99.4 Å². The Morgan fingerprint density at radius 2 is 1.75 bits per heavy atom. The maximum Gasteiger partial charge on any atom is 0.186 e. The van der Waals surface area contributed by atoms with E-state index in [2.05, 4.69) is 6.92 Å². The van der Waals surface area contributed by atoms with Gasteiger partial charge in [-0.15, -0.1) is 0 Å². The first-order valence-corrected chi connectivity index (χ1v) is 7.51. The number of aliphatic hydroxyl groups excluding tert-OH is 4. The van der Waals surface area contributed by atoms with E-state index in [-0.39, 0.29) is 6.10 Å². The van der Waals surface area contributed by atoms with Gasteiger partial charge in [0.1, 0.15) is 24.4 Å². The molecule has 120 valence electrons. The van der Waals surface area contributed by atoms with Gasteiger partial charge in [-0.25, -0.2) is 0 Å². The Labute approximate surface area is 120 Å². The molecule has 1 saturated heterocycles. The molecule has 0 aromatic heterocycles. The van der Waals surface area contributed by atoms with Gasteiger partial charge in [-0.05, 0) is 12.8 Å². The maximum atomic E-state index is 9.90. The molecule has 0 amide bonds. The number of ether oxygens (including phenoxy) is 2. The summed E-state index contributed by atoms with van der Waals surface area (Å²) in [4.78, 5) is 0. The molecule has 1 rings (SSSR count). The van der Waals surface area contributed by atoms with Crippen LogP contribution in [0.25, 0.3) is 0 Å². The summed E-state index contributed by atoms with van der Waals surface area (Å²) in [6.45, 7) is 3.68. The minimum Gasteiger partial charge on any atom is -0.394 e. The zero-order valence-electron chi connectivity index (χ0n) is 12.3. The van der Waals surface area contributed by atoms with Crippen LogP contribution in [0.15, 0.2) is 0 Å². The van der Waals surface area contributed by atoms with Crippen molar-refractivity contribution >= 4 is 0 Å². The van der Waals surface area contributed by atoms with Crippen LogP contribution in [0.1, 0.15) is 46.0 Å². The first kappa shape index (κ1) is 17.8. The van der Waals surface area contributed by atoms with Crippen molar-refractivity contribution in [2.24, 2.45) is 0 Å². The van der Waals surface area contributed by atoms with Crippen LogP contribution in [0.5, 0.6) is 0 Å². The van der Waals surface area contributed by atoms with Crippen LogP contribution in [-0.2, 0) is 9.47 Å². The van der Waals surface area contributed by atoms with E-state index in [4.69, 9.17) is 14.6 Å². The Hall–Kier alpha value is -0.240. The molecular weight excluding hydrogens is 264 g/mol. The van der Waals surface area contributed by atoms with Gasteiger partial charge in [-0.3, -0.25) is 0 Å². The van der Waals surface area contributed by atoms with E-state index in [1.165, 1.54) is 0 Å². The van der Waals surface area contributed by atoms with E-state index in [1.807, 2.05) is 6.92 Å². The lowest BCUT2D eigenvalue weighted by Gasteiger charge is -2.40. The Kier molecular flexibility index (Phi) is 7.94. The largest absolute Gasteiger partial charge is 0.394 e. The molecule has 0 radical (unpaired) electrons. The molecular formula is C14H28O6. The van der Waals surface area contributed by atoms with Crippen molar-refractivity contribution in [3.05, 3.63) is 0 Å².